The van der Waals surface area contributed by atoms with E-state index in [9.17, 15) is 22.4 Å². The van der Waals surface area contributed by atoms with Gasteiger partial charge in [-0.3, -0.25) is 9.59 Å². The highest BCUT2D eigenvalue weighted by molar-refractivity contribution is 7.89. The van der Waals surface area contributed by atoms with Crippen LogP contribution < -0.4 is 10.0 Å². The topological polar surface area (TPSA) is 95.6 Å². The molecule has 1 aliphatic rings. The van der Waals surface area contributed by atoms with Crippen molar-refractivity contribution in [1.82, 2.24) is 14.9 Å². The van der Waals surface area contributed by atoms with E-state index < -0.39 is 15.8 Å². The van der Waals surface area contributed by atoms with Crippen molar-refractivity contribution in [2.75, 3.05) is 19.6 Å². The van der Waals surface area contributed by atoms with E-state index >= 15 is 0 Å². The van der Waals surface area contributed by atoms with E-state index in [2.05, 4.69) is 30.8 Å². The summed E-state index contributed by atoms with van der Waals surface area (Å²) in [5.41, 5.74) is 1.70. The molecule has 3 rings (SSSR count). The highest BCUT2D eigenvalue weighted by Gasteiger charge is 2.26. The Labute approximate surface area is 200 Å². The molecule has 2 N–H and O–H groups in total. The monoisotopic (exact) mass is 489 g/mol. The molecule has 0 atom stereocenters. The van der Waals surface area contributed by atoms with Crippen molar-refractivity contribution in [3.05, 3.63) is 65.5 Å². The molecule has 7 nitrogen and oxygen atoms in total. The zero-order valence-corrected chi connectivity index (χ0v) is 20.6. The molecule has 1 fully saturated rings. The molecule has 0 spiro atoms. The molecule has 1 aliphatic heterocycles. The van der Waals surface area contributed by atoms with Crippen molar-refractivity contribution in [3.8, 4) is 0 Å². The number of hydrogen-bond donors (Lipinski definition) is 2. The number of carbonyl (C=O) groups is 2. The molecular formula is C25H32FN3O4S. The fourth-order valence-electron chi connectivity index (χ4n) is 3.81. The van der Waals surface area contributed by atoms with Gasteiger partial charge in [0.2, 0.25) is 15.9 Å². The third-order valence-electron chi connectivity index (χ3n) is 5.93. The second-order valence-electron chi connectivity index (χ2n) is 9.56. The summed E-state index contributed by atoms with van der Waals surface area (Å²) in [6.07, 6.45) is 1.15. The summed E-state index contributed by atoms with van der Waals surface area (Å²) in [6.45, 7) is 7.41. The predicted molar refractivity (Wildman–Crippen MR) is 128 cm³/mol. The minimum atomic E-state index is -3.74. The smallest absolute Gasteiger partial charge is 0.251 e. The maximum absolute atomic E-state index is 13.0. The van der Waals surface area contributed by atoms with Gasteiger partial charge in [-0.05, 0) is 60.2 Å². The first kappa shape index (κ1) is 25.8. The number of carbonyl (C=O) groups excluding carboxylic acids is 2. The highest BCUT2D eigenvalue weighted by Crippen LogP contribution is 2.22. The molecule has 2 aromatic carbocycles. The second-order valence-corrected chi connectivity index (χ2v) is 11.3. The van der Waals surface area contributed by atoms with E-state index in [-0.39, 0.29) is 41.1 Å². The number of hydrogen-bond acceptors (Lipinski definition) is 4. The molecule has 34 heavy (non-hydrogen) atoms. The first-order valence-corrected chi connectivity index (χ1v) is 12.9. The van der Waals surface area contributed by atoms with E-state index in [4.69, 9.17) is 0 Å². The summed E-state index contributed by atoms with van der Waals surface area (Å²) in [5.74, 6) is -0.800. The lowest BCUT2D eigenvalue weighted by Gasteiger charge is -2.32. The van der Waals surface area contributed by atoms with Crippen LogP contribution in [0.15, 0.2) is 53.4 Å². The Hall–Kier alpha value is -2.78. The summed E-state index contributed by atoms with van der Waals surface area (Å²) >= 11 is 0. The van der Waals surface area contributed by atoms with Crippen molar-refractivity contribution in [2.24, 2.45) is 0 Å². The van der Waals surface area contributed by atoms with Crippen LogP contribution in [0.1, 0.15) is 56.0 Å². The number of nitrogens with one attached hydrogen (secondary N) is 2. The lowest BCUT2D eigenvalue weighted by atomic mass is 9.87. The molecule has 2 amide bonds. The summed E-state index contributed by atoms with van der Waals surface area (Å²) in [6, 6.07) is 11.8. The number of sulfonamides is 1. The number of piperidine rings is 1. The van der Waals surface area contributed by atoms with Crippen molar-refractivity contribution in [1.29, 1.82) is 0 Å². The standard InChI is InChI=1S/C25H32FN3O4S/c1-25(2,3)19-6-4-18(5-7-19)24(31)27-15-12-23(30)29-16-13-21(14-17-29)28-34(32,33)22-10-8-20(26)9-11-22/h4-11,21,28H,12-17H2,1-3H3,(H,27,31). The van der Waals surface area contributed by atoms with E-state index in [1.54, 1.807) is 17.0 Å². The Morgan fingerprint density at radius 1 is 1.00 bits per heavy atom. The molecule has 0 saturated carbocycles. The van der Waals surface area contributed by atoms with Gasteiger partial charge in [-0.2, -0.15) is 0 Å². The first-order chi connectivity index (χ1) is 16.0. The van der Waals surface area contributed by atoms with Crippen LogP contribution in [0.4, 0.5) is 4.39 Å². The van der Waals surface area contributed by atoms with Gasteiger partial charge in [-0.15, -0.1) is 0 Å². The molecule has 1 heterocycles. The zero-order valence-electron chi connectivity index (χ0n) is 19.8. The number of amides is 2. The van der Waals surface area contributed by atoms with Gasteiger partial charge in [-0.25, -0.2) is 17.5 Å². The van der Waals surface area contributed by atoms with Crippen molar-refractivity contribution >= 4 is 21.8 Å². The predicted octanol–water partition coefficient (Wildman–Crippen LogP) is 3.21. The Morgan fingerprint density at radius 2 is 1.59 bits per heavy atom. The van der Waals surface area contributed by atoms with Gasteiger partial charge in [0.05, 0.1) is 4.90 Å². The van der Waals surface area contributed by atoms with Crippen molar-refractivity contribution in [2.45, 2.75) is 56.4 Å². The fraction of sp³-hybridized carbons (Fsp3) is 0.440. The zero-order chi connectivity index (χ0) is 24.9. The van der Waals surface area contributed by atoms with Crippen LogP contribution in [0.2, 0.25) is 0 Å². The molecule has 0 aliphatic carbocycles. The number of rotatable bonds is 7. The summed E-state index contributed by atoms with van der Waals surface area (Å²) in [5, 5.41) is 2.78. The van der Waals surface area contributed by atoms with E-state index in [1.165, 1.54) is 12.1 Å². The molecule has 0 bridgehead atoms. The van der Waals surface area contributed by atoms with Crippen molar-refractivity contribution < 1.29 is 22.4 Å². The summed E-state index contributed by atoms with van der Waals surface area (Å²) in [7, 11) is -3.74. The molecule has 0 unspecified atom stereocenters. The molecule has 9 heteroatoms. The quantitative estimate of drug-likeness (QED) is 0.624. The summed E-state index contributed by atoms with van der Waals surface area (Å²) in [4.78, 5) is 26.6. The van der Waals surface area contributed by atoms with Crippen LogP contribution >= 0.6 is 0 Å². The van der Waals surface area contributed by atoms with E-state index in [0.29, 0.717) is 31.5 Å². The van der Waals surface area contributed by atoms with E-state index in [1.807, 2.05) is 12.1 Å². The normalized spacial score (nSPS) is 15.2. The number of halogens is 1. The summed E-state index contributed by atoms with van der Waals surface area (Å²) < 4.78 is 40.6. The van der Waals surface area contributed by atoms with Crippen LogP contribution in [0.25, 0.3) is 0 Å². The van der Waals surface area contributed by atoms with Gasteiger partial charge in [0.25, 0.3) is 5.91 Å². The lowest BCUT2D eigenvalue weighted by Crippen LogP contribution is -2.47. The molecule has 1 saturated heterocycles. The molecule has 0 radical (unpaired) electrons. The number of benzene rings is 2. The minimum Gasteiger partial charge on any atom is -0.352 e. The third kappa shape index (κ3) is 6.87. The number of likely N-dealkylation sites (tertiary alicyclic amines) is 1. The van der Waals surface area contributed by atoms with Gasteiger partial charge >= 0.3 is 0 Å². The van der Waals surface area contributed by atoms with Crippen LogP contribution in [-0.4, -0.2) is 50.8 Å². The third-order valence-corrected chi connectivity index (χ3v) is 7.47. The average molecular weight is 490 g/mol. The van der Waals surface area contributed by atoms with Crippen LogP contribution in [0.5, 0.6) is 0 Å². The Morgan fingerprint density at radius 3 is 2.15 bits per heavy atom. The molecule has 0 aromatic heterocycles. The van der Waals surface area contributed by atoms with Crippen LogP contribution in [0, 0.1) is 5.82 Å². The van der Waals surface area contributed by atoms with Crippen LogP contribution in [-0.2, 0) is 20.2 Å². The highest BCUT2D eigenvalue weighted by atomic mass is 32.2. The van der Waals surface area contributed by atoms with Gasteiger partial charge < -0.3 is 10.2 Å². The van der Waals surface area contributed by atoms with Gasteiger partial charge in [0.1, 0.15) is 5.82 Å². The Bertz CT molecular complexity index is 1100. The molecule has 184 valence electrons. The minimum absolute atomic E-state index is 0.00946. The van der Waals surface area contributed by atoms with Crippen LogP contribution in [0.3, 0.4) is 0 Å². The SMILES string of the molecule is CC(C)(C)c1ccc(C(=O)NCCC(=O)N2CCC(NS(=O)(=O)c3ccc(F)cc3)CC2)cc1. The van der Waals surface area contributed by atoms with Crippen molar-refractivity contribution in [3.63, 3.8) is 0 Å². The first-order valence-electron chi connectivity index (χ1n) is 11.4. The lowest BCUT2D eigenvalue weighted by molar-refractivity contribution is -0.132. The second kappa shape index (κ2) is 10.7. The maximum atomic E-state index is 13.0. The molecular weight excluding hydrogens is 457 g/mol. The maximum Gasteiger partial charge on any atom is 0.251 e. The largest absolute Gasteiger partial charge is 0.352 e. The van der Waals surface area contributed by atoms with Gasteiger partial charge in [0, 0.05) is 37.7 Å². The van der Waals surface area contributed by atoms with E-state index in [0.717, 1.165) is 17.7 Å². The fourth-order valence-corrected chi connectivity index (χ4v) is 5.12. The van der Waals surface area contributed by atoms with Gasteiger partial charge in [0.15, 0.2) is 0 Å². The Balaban J connectivity index is 1.41. The van der Waals surface area contributed by atoms with Gasteiger partial charge in [-0.1, -0.05) is 32.9 Å². The average Bonchev–Trinajstić information content (AvgIpc) is 2.79. The number of nitrogens with zero attached hydrogens (tertiary/aromatic N) is 1. The molecule has 2 aromatic rings. The Kier molecular flexibility index (Phi) is 8.09.